The zero-order chi connectivity index (χ0) is 14.6. The van der Waals surface area contributed by atoms with E-state index in [2.05, 4.69) is 5.32 Å². The monoisotopic (exact) mass is 283 g/mol. The Morgan fingerprint density at radius 2 is 1.89 bits per heavy atom. The minimum Gasteiger partial charge on any atom is -0.481 e. The number of aryl methyl sites for hydroxylation is 2. The molecule has 106 valence electrons. The molecule has 0 bridgehead atoms. The summed E-state index contributed by atoms with van der Waals surface area (Å²) in [5.74, 6) is -1.06. The summed E-state index contributed by atoms with van der Waals surface area (Å²) < 4.78 is 0. The Morgan fingerprint density at radius 3 is 2.26 bits per heavy atom. The maximum absolute atomic E-state index is 12.2. The number of carbonyl (C=O) groups excluding carboxylic acids is 1. The van der Waals surface area contributed by atoms with Crippen molar-refractivity contribution in [2.45, 2.75) is 52.5 Å². The third kappa shape index (κ3) is 3.80. The standard InChI is InChI=1S/C14H21NO3S/c1-5-14(6-2,8-12(16)17)15-13(18)11-7-9(3)10(4)19-11/h7H,5-6,8H2,1-4H3,(H,15,18)(H,16,17). The van der Waals surface area contributed by atoms with E-state index in [-0.39, 0.29) is 12.3 Å². The molecule has 1 rings (SSSR count). The summed E-state index contributed by atoms with van der Waals surface area (Å²) in [5, 5.41) is 11.9. The lowest BCUT2D eigenvalue weighted by molar-refractivity contribution is -0.138. The molecular weight excluding hydrogens is 262 g/mol. The van der Waals surface area contributed by atoms with Gasteiger partial charge in [0.25, 0.3) is 5.91 Å². The molecule has 0 aliphatic carbocycles. The van der Waals surface area contributed by atoms with E-state index in [0.717, 1.165) is 10.4 Å². The quantitative estimate of drug-likeness (QED) is 0.843. The van der Waals surface area contributed by atoms with E-state index in [0.29, 0.717) is 17.7 Å². The van der Waals surface area contributed by atoms with Crippen LogP contribution in [0.1, 0.15) is 53.2 Å². The molecule has 4 nitrogen and oxygen atoms in total. The SMILES string of the molecule is CCC(CC)(CC(=O)O)NC(=O)c1cc(C)c(C)s1. The van der Waals surface area contributed by atoms with Crippen LogP contribution >= 0.6 is 11.3 Å². The lowest BCUT2D eigenvalue weighted by atomic mass is 9.89. The van der Waals surface area contributed by atoms with Crippen molar-refractivity contribution >= 4 is 23.2 Å². The zero-order valence-electron chi connectivity index (χ0n) is 11.9. The number of carbonyl (C=O) groups is 2. The molecule has 19 heavy (non-hydrogen) atoms. The number of hydrogen-bond donors (Lipinski definition) is 2. The van der Waals surface area contributed by atoms with Crippen LogP contribution in [0.15, 0.2) is 6.07 Å². The molecule has 1 heterocycles. The van der Waals surface area contributed by atoms with E-state index in [4.69, 9.17) is 5.11 Å². The molecule has 1 aromatic heterocycles. The number of thiophene rings is 1. The lowest BCUT2D eigenvalue weighted by Crippen LogP contribution is -2.48. The molecule has 0 radical (unpaired) electrons. The molecule has 0 atom stereocenters. The van der Waals surface area contributed by atoms with Crippen molar-refractivity contribution in [3.05, 3.63) is 21.4 Å². The van der Waals surface area contributed by atoms with Crippen molar-refractivity contribution < 1.29 is 14.7 Å². The van der Waals surface area contributed by atoms with E-state index in [1.807, 2.05) is 33.8 Å². The van der Waals surface area contributed by atoms with E-state index < -0.39 is 11.5 Å². The number of carboxylic acid groups (broad SMARTS) is 1. The van der Waals surface area contributed by atoms with Gasteiger partial charge in [0.05, 0.1) is 16.8 Å². The highest BCUT2D eigenvalue weighted by atomic mass is 32.1. The average molecular weight is 283 g/mol. The van der Waals surface area contributed by atoms with Crippen LogP contribution in [0.4, 0.5) is 0 Å². The minimum atomic E-state index is -0.887. The first-order chi connectivity index (χ1) is 8.83. The first-order valence-corrected chi connectivity index (χ1v) is 7.26. The third-order valence-electron chi connectivity index (χ3n) is 3.61. The van der Waals surface area contributed by atoms with Gasteiger partial charge in [0.15, 0.2) is 0 Å². The fourth-order valence-corrected chi connectivity index (χ4v) is 2.93. The maximum atomic E-state index is 12.2. The van der Waals surface area contributed by atoms with Crippen LogP contribution in [0.5, 0.6) is 0 Å². The molecule has 1 amide bonds. The number of amides is 1. The summed E-state index contributed by atoms with van der Waals surface area (Å²) in [6.45, 7) is 7.74. The van der Waals surface area contributed by atoms with Crippen LogP contribution in [0, 0.1) is 13.8 Å². The Balaban J connectivity index is 2.90. The second-order valence-electron chi connectivity index (χ2n) is 4.86. The summed E-state index contributed by atoms with van der Waals surface area (Å²) in [6, 6.07) is 1.85. The van der Waals surface area contributed by atoms with Gasteiger partial charge in [-0.2, -0.15) is 0 Å². The van der Waals surface area contributed by atoms with Gasteiger partial charge in [0, 0.05) is 4.88 Å². The van der Waals surface area contributed by atoms with Crippen molar-refractivity contribution in [2.24, 2.45) is 0 Å². The van der Waals surface area contributed by atoms with Crippen molar-refractivity contribution in [1.29, 1.82) is 0 Å². The highest BCUT2D eigenvalue weighted by Gasteiger charge is 2.31. The molecule has 0 saturated heterocycles. The molecule has 0 aliphatic rings. The summed E-state index contributed by atoms with van der Waals surface area (Å²) >= 11 is 1.44. The molecule has 0 fully saturated rings. The van der Waals surface area contributed by atoms with Crippen molar-refractivity contribution in [3.63, 3.8) is 0 Å². The van der Waals surface area contributed by atoms with Crippen LogP contribution in [-0.4, -0.2) is 22.5 Å². The van der Waals surface area contributed by atoms with Crippen LogP contribution in [0.3, 0.4) is 0 Å². The zero-order valence-corrected chi connectivity index (χ0v) is 12.7. The van der Waals surface area contributed by atoms with Crippen LogP contribution < -0.4 is 5.32 Å². The fourth-order valence-electron chi connectivity index (χ4n) is 2.00. The Hall–Kier alpha value is -1.36. The summed E-state index contributed by atoms with van der Waals surface area (Å²) in [4.78, 5) is 24.9. The number of hydrogen-bond acceptors (Lipinski definition) is 3. The Labute approximate surface area is 117 Å². The molecular formula is C14H21NO3S. The predicted octanol–water partition coefficient (Wildman–Crippen LogP) is 3.13. The van der Waals surface area contributed by atoms with Gasteiger partial charge >= 0.3 is 5.97 Å². The lowest BCUT2D eigenvalue weighted by Gasteiger charge is -2.31. The predicted molar refractivity (Wildman–Crippen MR) is 76.8 cm³/mol. The molecule has 0 unspecified atom stereocenters. The minimum absolute atomic E-state index is 0.0465. The van der Waals surface area contributed by atoms with Gasteiger partial charge in [-0.05, 0) is 38.3 Å². The van der Waals surface area contributed by atoms with Gasteiger partial charge < -0.3 is 10.4 Å². The van der Waals surface area contributed by atoms with Crippen molar-refractivity contribution in [3.8, 4) is 0 Å². The summed E-state index contributed by atoms with van der Waals surface area (Å²) in [5.41, 5.74) is 0.432. The van der Waals surface area contributed by atoms with Gasteiger partial charge in [-0.15, -0.1) is 11.3 Å². The highest BCUT2D eigenvalue weighted by Crippen LogP contribution is 2.24. The van der Waals surface area contributed by atoms with Crippen molar-refractivity contribution in [2.75, 3.05) is 0 Å². The highest BCUT2D eigenvalue weighted by molar-refractivity contribution is 7.14. The normalized spacial score (nSPS) is 11.4. The first-order valence-electron chi connectivity index (χ1n) is 6.45. The largest absolute Gasteiger partial charge is 0.481 e. The van der Waals surface area contributed by atoms with E-state index in [9.17, 15) is 9.59 Å². The summed E-state index contributed by atoms with van der Waals surface area (Å²) in [7, 11) is 0. The average Bonchev–Trinajstić information content (AvgIpc) is 2.68. The van der Waals surface area contributed by atoms with Crippen LogP contribution in [0.25, 0.3) is 0 Å². The Kier molecular flexibility index (Phi) is 5.11. The van der Waals surface area contributed by atoms with E-state index in [1.165, 1.54) is 11.3 Å². The van der Waals surface area contributed by atoms with Crippen LogP contribution in [-0.2, 0) is 4.79 Å². The van der Waals surface area contributed by atoms with E-state index in [1.54, 1.807) is 0 Å². The van der Waals surface area contributed by atoms with Crippen molar-refractivity contribution in [1.82, 2.24) is 5.32 Å². The molecule has 0 aromatic carbocycles. The molecule has 0 saturated carbocycles. The molecule has 5 heteroatoms. The molecule has 2 N–H and O–H groups in total. The van der Waals surface area contributed by atoms with Gasteiger partial charge in [-0.3, -0.25) is 9.59 Å². The first kappa shape index (κ1) is 15.7. The number of rotatable bonds is 6. The second-order valence-corrected chi connectivity index (χ2v) is 6.12. The number of carboxylic acids is 1. The Bertz CT molecular complexity index is 456. The molecule has 0 spiro atoms. The van der Waals surface area contributed by atoms with Crippen LogP contribution in [0.2, 0.25) is 0 Å². The summed E-state index contributed by atoms with van der Waals surface area (Å²) in [6.07, 6.45) is 1.16. The third-order valence-corrected chi connectivity index (χ3v) is 4.76. The molecule has 1 aromatic rings. The Morgan fingerprint density at radius 1 is 1.32 bits per heavy atom. The number of nitrogens with one attached hydrogen (secondary N) is 1. The van der Waals surface area contributed by atoms with Gasteiger partial charge in [-0.1, -0.05) is 13.8 Å². The topological polar surface area (TPSA) is 66.4 Å². The van der Waals surface area contributed by atoms with Gasteiger partial charge in [0.2, 0.25) is 0 Å². The smallest absolute Gasteiger partial charge is 0.305 e. The van der Waals surface area contributed by atoms with E-state index >= 15 is 0 Å². The number of aliphatic carboxylic acids is 1. The molecule has 0 aliphatic heterocycles. The fraction of sp³-hybridized carbons (Fsp3) is 0.571. The van der Waals surface area contributed by atoms with Gasteiger partial charge in [-0.25, -0.2) is 0 Å². The maximum Gasteiger partial charge on any atom is 0.305 e. The second kappa shape index (κ2) is 6.19. The van der Waals surface area contributed by atoms with Gasteiger partial charge in [0.1, 0.15) is 0 Å².